The summed E-state index contributed by atoms with van der Waals surface area (Å²) in [5.41, 5.74) is 1.73. The van der Waals surface area contributed by atoms with Crippen molar-refractivity contribution in [3.8, 4) is 5.82 Å². The Morgan fingerprint density at radius 1 is 1.23 bits per heavy atom. The minimum absolute atomic E-state index is 0.543. The van der Waals surface area contributed by atoms with E-state index in [2.05, 4.69) is 31.2 Å². The Bertz CT molecular complexity index is 745. The molecule has 2 fully saturated rings. The average Bonchev–Trinajstić information content (AvgIpc) is 3.34. The van der Waals surface area contributed by atoms with E-state index in [1.807, 2.05) is 30.1 Å². The second-order valence-corrected chi connectivity index (χ2v) is 7.63. The molecule has 1 saturated heterocycles. The van der Waals surface area contributed by atoms with Crippen molar-refractivity contribution < 1.29 is 0 Å². The topological polar surface area (TPSA) is 58.3 Å². The lowest BCUT2D eigenvalue weighted by Crippen LogP contribution is -2.41. The van der Waals surface area contributed by atoms with E-state index in [9.17, 15) is 0 Å². The number of nitrogens with one attached hydrogen (secondary N) is 1. The smallest absolute Gasteiger partial charge is 0.193 e. The predicted octanol–water partition coefficient (Wildman–Crippen LogP) is 3.00. The monoisotopic (exact) mass is 352 g/mol. The van der Waals surface area contributed by atoms with Gasteiger partial charge >= 0.3 is 0 Å². The third kappa shape index (κ3) is 3.59. The second kappa shape index (κ2) is 7.48. The van der Waals surface area contributed by atoms with E-state index in [-0.39, 0.29) is 0 Å². The first kappa shape index (κ1) is 17.1. The minimum Gasteiger partial charge on any atom is -0.352 e. The van der Waals surface area contributed by atoms with Crippen molar-refractivity contribution >= 4 is 5.96 Å². The van der Waals surface area contributed by atoms with E-state index in [1.54, 1.807) is 12.5 Å². The van der Waals surface area contributed by atoms with Crippen LogP contribution in [0.4, 0.5) is 0 Å². The summed E-state index contributed by atoms with van der Waals surface area (Å²) in [5.74, 6) is 1.91. The molecule has 0 unspecified atom stereocenters. The molecule has 2 aliphatic rings. The molecule has 6 heteroatoms. The fourth-order valence-corrected chi connectivity index (χ4v) is 4.45. The van der Waals surface area contributed by atoms with Crippen LogP contribution in [0.15, 0.2) is 42.0 Å². The van der Waals surface area contributed by atoms with E-state index in [0.717, 1.165) is 31.4 Å². The van der Waals surface area contributed by atoms with Gasteiger partial charge in [0, 0.05) is 45.3 Å². The molecule has 1 aliphatic heterocycles. The molecule has 2 aromatic rings. The van der Waals surface area contributed by atoms with Crippen LogP contribution in [0.1, 0.15) is 44.1 Å². The fourth-order valence-electron chi connectivity index (χ4n) is 4.45. The van der Waals surface area contributed by atoms with Gasteiger partial charge in [0.15, 0.2) is 5.96 Å². The maximum atomic E-state index is 4.54. The number of hydrogen-bond acceptors (Lipinski definition) is 3. The molecule has 0 bridgehead atoms. The highest BCUT2D eigenvalue weighted by atomic mass is 15.3. The number of hydrogen-bond donors (Lipinski definition) is 1. The lowest BCUT2D eigenvalue weighted by molar-refractivity contribution is 0.203. The van der Waals surface area contributed by atoms with Crippen LogP contribution in [-0.2, 0) is 6.54 Å². The van der Waals surface area contributed by atoms with E-state index < -0.39 is 0 Å². The van der Waals surface area contributed by atoms with Gasteiger partial charge in [-0.15, -0.1) is 0 Å². The lowest BCUT2D eigenvalue weighted by Gasteiger charge is -2.33. The Hall–Kier alpha value is -2.37. The van der Waals surface area contributed by atoms with Gasteiger partial charge in [0.25, 0.3) is 0 Å². The molecular formula is C20H28N6. The van der Waals surface area contributed by atoms with Gasteiger partial charge in [0.2, 0.25) is 0 Å². The summed E-state index contributed by atoms with van der Waals surface area (Å²) >= 11 is 0. The molecule has 0 radical (unpaired) electrons. The highest BCUT2D eigenvalue weighted by molar-refractivity contribution is 5.80. The van der Waals surface area contributed by atoms with Crippen molar-refractivity contribution in [1.82, 2.24) is 24.8 Å². The fraction of sp³-hybridized carbons (Fsp3) is 0.550. The molecule has 1 N–H and O–H groups in total. The van der Waals surface area contributed by atoms with Crippen molar-refractivity contribution in [1.29, 1.82) is 0 Å². The third-order valence-corrected chi connectivity index (χ3v) is 5.89. The number of pyridine rings is 1. The first-order chi connectivity index (χ1) is 12.8. The van der Waals surface area contributed by atoms with Crippen molar-refractivity contribution in [2.24, 2.45) is 10.4 Å². The SMILES string of the molecule is CN=C(NCc1ccnc(-n2ccnc2)c1)N1CCC2(CCCCC2)C1. The summed E-state index contributed by atoms with van der Waals surface area (Å²) in [4.78, 5) is 15.5. The van der Waals surface area contributed by atoms with Crippen LogP contribution < -0.4 is 5.32 Å². The molecule has 6 nitrogen and oxygen atoms in total. The molecule has 1 spiro atoms. The predicted molar refractivity (Wildman–Crippen MR) is 103 cm³/mol. The first-order valence-electron chi connectivity index (χ1n) is 9.67. The molecule has 0 aromatic carbocycles. The molecule has 2 aromatic heterocycles. The van der Waals surface area contributed by atoms with E-state index in [4.69, 9.17) is 0 Å². The summed E-state index contributed by atoms with van der Waals surface area (Å²) in [5, 5.41) is 3.55. The number of guanidine groups is 1. The molecule has 1 aliphatic carbocycles. The zero-order chi connectivity index (χ0) is 17.8. The molecule has 4 rings (SSSR count). The van der Waals surface area contributed by atoms with Gasteiger partial charge in [-0.25, -0.2) is 9.97 Å². The zero-order valence-electron chi connectivity index (χ0n) is 15.6. The summed E-state index contributed by atoms with van der Waals surface area (Å²) < 4.78 is 1.92. The van der Waals surface area contributed by atoms with Crippen LogP contribution in [0, 0.1) is 5.41 Å². The van der Waals surface area contributed by atoms with E-state index in [1.165, 1.54) is 44.1 Å². The number of aliphatic imine (C=N–C) groups is 1. The summed E-state index contributed by atoms with van der Waals surface area (Å²) in [6, 6.07) is 4.14. The number of likely N-dealkylation sites (tertiary alicyclic amines) is 1. The minimum atomic E-state index is 0.543. The van der Waals surface area contributed by atoms with Crippen molar-refractivity contribution in [2.75, 3.05) is 20.1 Å². The number of nitrogens with zero attached hydrogens (tertiary/aromatic N) is 5. The van der Waals surface area contributed by atoms with Crippen LogP contribution in [-0.4, -0.2) is 45.5 Å². The first-order valence-corrected chi connectivity index (χ1v) is 9.67. The Balaban J connectivity index is 1.38. The average molecular weight is 352 g/mol. The number of imidazole rings is 1. The Morgan fingerprint density at radius 3 is 2.88 bits per heavy atom. The van der Waals surface area contributed by atoms with E-state index >= 15 is 0 Å². The van der Waals surface area contributed by atoms with Crippen LogP contribution >= 0.6 is 0 Å². The molecule has 3 heterocycles. The largest absolute Gasteiger partial charge is 0.352 e. The zero-order valence-corrected chi connectivity index (χ0v) is 15.6. The molecule has 138 valence electrons. The van der Waals surface area contributed by atoms with Crippen molar-refractivity contribution in [2.45, 2.75) is 45.1 Å². The van der Waals surface area contributed by atoms with Gasteiger partial charge < -0.3 is 10.2 Å². The third-order valence-electron chi connectivity index (χ3n) is 5.89. The van der Waals surface area contributed by atoms with Crippen molar-refractivity contribution in [3.63, 3.8) is 0 Å². The maximum Gasteiger partial charge on any atom is 0.193 e. The molecule has 0 amide bonds. The van der Waals surface area contributed by atoms with Crippen LogP contribution in [0.25, 0.3) is 5.82 Å². The van der Waals surface area contributed by atoms with Crippen LogP contribution in [0.5, 0.6) is 0 Å². The Labute approximate surface area is 155 Å². The van der Waals surface area contributed by atoms with E-state index in [0.29, 0.717) is 5.41 Å². The Kier molecular flexibility index (Phi) is 4.91. The lowest BCUT2D eigenvalue weighted by atomic mass is 9.73. The van der Waals surface area contributed by atoms with Gasteiger partial charge in [-0.05, 0) is 42.4 Å². The quantitative estimate of drug-likeness (QED) is 0.681. The van der Waals surface area contributed by atoms with Crippen LogP contribution in [0.2, 0.25) is 0 Å². The number of rotatable bonds is 3. The van der Waals surface area contributed by atoms with Gasteiger partial charge in [-0.2, -0.15) is 0 Å². The maximum absolute atomic E-state index is 4.54. The number of aromatic nitrogens is 3. The van der Waals surface area contributed by atoms with Crippen molar-refractivity contribution in [3.05, 3.63) is 42.6 Å². The Morgan fingerprint density at radius 2 is 2.12 bits per heavy atom. The van der Waals surface area contributed by atoms with Crippen LogP contribution in [0.3, 0.4) is 0 Å². The summed E-state index contributed by atoms with van der Waals surface area (Å²) in [7, 11) is 1.89. The standard InChI is InChI=1S/C20H28N6/c1-21-19(25-11-8-20(15-25)6-3-2-4-7-20)24-14-17-5-9-23-18(13-17)26-12-10-22-16-26/h5,9-10,12-13,16H,2-4,6-8,11,14-15H2,1H3,(H,21,24). The van der Waals surface area contributed by atoms with Gasteiger partial charge in [-0.3, -0.25) is 9.56 Å². The normalized spacial score (nSPS) is 19.9. The van der Waals surface area contributed by atoms with Gasteiger partial charge in [0.1, 0.15) is 12.1 Å². The summed E-state index contributed by atoms with van der Waals surface area (Å²) in [6.07, 6.45) is 15.6. The highest BCUT2D eigenvalue weighted by Crippen LogP contribution is 2.43. The van der Waals surface area contributed by atoms with Gasteiger partial charge in [-0.1, -0.05) is 19.3 Å². The summed E-state index contributed by atoms with van der Waals surface area (Å²) in [6.45, 7) is 3.03. The highest BCUT2D eigenvalue weighted by Gasteiger charge is 2.39. The second-order valence-electron chi connectivity index (χ2n) is 7.63. The molecule has 0 atom stereocenters. The molecule has 1 saturated carbocycles. The van der Waals surface area contributed by atoms with Gasteiger partial charge in [0.05, 0.1) is 0 Å². The molecular weight excluding hydrogens is 324 g/mol. The molecule has 26 heavy (non-hydrogen) atoms.